The van der Waals surface area contributed by atoms with Gasteiger partial charge in [-0.25, -0.2) is 0 Å². The maximum absolute atomic E-state index is 5.34. The van der Waals surface area contributed by atoms with Gasteiger partial charge in [-0.1, -0.05) is 18.2 Å². The average molecular weight is 222 g/mol. The molecule has 1 fully saturated rings. The van der Waals surface area contributed by atoms with Crippen LogP contribution in [0.25, 0.3) is 0 Å². The molecular weight excluding hydrogens is 204 g/mol. The lowest BCUT2D eigenvalue weighted by Gasteiger charge is -2.38. The zero-order chi connectivity index (χ0) is 11.4. The highest BCUT2D eigenvalue weighted by atomic mass is 16.5. The molecule has 4 heteroatoms. The van der Waals surface area contributed by atoms with Crippen molar-refractivity contribution in [3.05, 3.63) is 30.3 Å². The van der Waals surface area contributed by atoms with Gasteiger partial charge in [-0.2, -0.15) is 0 Å². The maximum Gasteiger partial charge on any atom is 0.127 e. The normalized spacial score (nSPS) is 25.8. The van der Waals surface area contributed by atoms with Gasteiger partial charge in [0.25, 0.3) is 0 Å². The van der Waals surface area contributed by atoms with Gasteiger partial charge in [0.1, 0.15) is 12.5 Å². The van der Waals surface area contributed by atoms with Crippen LogP contribution in [0.15, 0.2) is 30.3 Å². The van der Waals surface area contributed by atoms with Gasteiger partial charge < -0.3 is 14.4 Å². The number of piperazine rings is 1. The first-order chi connectivity index (χ1) is 7.83. The number of benzene rings is 1. The van der Waals surface area contributed by atoms with Crippen LogP contribution in [0.4, 0.5) is 5.69 Å². The van der Waals surface area contributed by atoms with Crippen molar-refractivity contribution in [2.24, 2.45) is 0 Å². The average Bonchev–Trinajstić information content (AvgIpc) is 2.39. The summed E-state index contributed by atoms with van der Waals surface area (Å²) in [7, 11) is 3.41. The van der Waals surface area contributed by atoms with Gasteiger partial charge >= 0.3 is 0 Å². The Bertz CT molecular complexity index is 306. The molecule has 0 aliphatic carbocycles. The molecule has 1 aromatic rings. The third kappa shape index (κ3) is 2.52. The van der Waals surface area contributed by atoms with Crippen LogP contribution >= 0.6 is 0 Å². The fourth-order valence-electron chi connectivity index (χ4n) is 1.92. The minimum Gasteiger partial charge on any atom is -0.365 e. The Morgan fingerprint density at radius 2 is 1.62 bits per heavy atom. The molecule has 2 atom stereocenters. The first-order valence-corrected chi connectivity index (χ1v) is 5.45. The number of hydrogen-bond donors (Lipinski definition) is 1. The molecular formula is C12H18N2O2. The predicted molar refractivity (Wildman–Crippen MR) is 63.4 cm³/mol. The monoisotopic (exact) mass is 222 g/mol. The topological polar surface area (TPSA) is 33.7 Å². The maximum atomic E-state index is 5.34. The van der Waals surface area contributed by atoms with Crippen molar-refractivity contribution in [2.75, 3.05) is 32.2 Å². The molecule has 16 heavy (non-hydrogen) atoms. The Labute approximate surface area is 96.2 Å². The van der Waals surface area contributed by atoms with Crippen LogP contribution in [-0.2, 0) is 9.47 Å². The Kier molecular flexibility index (Phi) is 3.77. The fraction of sp³-hybridized carbons (Fsp3) is 0.500. The van der Waals surface area contributed by atoms with E-state index in [0.717, 1.165) is 13.1 Å². The van der Waals surface area contributed by atoms with Crippen molar-refractivity contribution in [2.45, 2.75) is 12.5 Å². The van der Waals surface area contributed by atoms with Gasteiger partial charge in [-0.15, -0.1) is 0 Å². The van der Waals surface area contributed by atoms with Gasteiger partial charge in [-0.05, 0) is 12.1 Å². The second-order valence-corrected chi connectivity index (χ2v) is 3.86. The fourth-order valence-corrected chi connectivity index (χ4v) is 1.92. The summed E-state index contributed by atoms with van der Waals surface area (Å²) in [6.45, 7) is 1.67. The number of nitrogens with zero attached hydrogens (tertiary/aromatic N) is 1. The molecule has 88 valence electrons. The lowest BCUT2D eigenvalue weighted by molar-refractivity contribution is -0.0204. The van der Waals surface area contributed by atoms with Crippen LogP contribution in [0.5, 0.6) is 0 Å². The Hall–Kier alpha value is -1.10. The van der Waals surface area contributed by atoms with E-state index in [1.54, 1.807) is 14.2 Å². The molecule has 1 aromatic carbocycles. The molecule has 1 aliphatic rings. The minimum absolute atomic E-state index is 0.0129. The molecule has 0 bridgehead atoms. The molecule has 2 unspecified atom stereocenters. The number of ether oxygens (including phenoxy) is 2. The highest BCUT2D eigenvalue weighted by Gasteiger charge is 2.25. The molecule has 0 saturated carbocycles. The third-order valence-electron chi connectivity index (χ3n) is 2.83. The van der Waals surface area contributed by atoms with Crippen LogP contribution in [0.3, 0.4) is 0 Å². The largest absolute Gasteiger partial charge is 0.365 e. The van der Waals surface area contributed by atoms with Gasteiger partial charge in [0, 0.05) is 19.9 Å². The van der Waals surface area contributed by atoms with Crippen LogP contribution in [0.2, 0.25) is 0 Å². The van der Waals surface area contributed by atoms with E-state index >= 15 is 0 Å². The standard InChI is InChI=1S/C12H18N2O2/c1-15-11-8-14(9-12(13-11)16-2)10-6-4-3-5-7-10/h3-7,11-13H,8-9H2,1-2H3. The zero-order valence-electron chi connectivity index (χ0n) is 9.72. The summed E-state index contributed by atoms with van der Waals surface area (Å²) in [5.41, 5.74) is 1.20. The Morgan fingerprint density at radius 1 is 1.06 bits per heavy atom. The molecule has 1 aliphatic heterocycles. The summed E-state index contributed by atoms with van der Waals surface area (Å²) >= 11 is 0. The van der Waals surface area contributed by atoms with E-state index < -0.39 is 0 Å². The highest BCUT2D eigenvalue weighted by Crippen LogP contribution is 2.17. The summed E-state index contributed by atoms with van der Waals surface area (Å²) in [6.07, 6.45) is 0.0258. The van der Waals surface area contributed by atoms with E-state index in [9.17, 15) is 0 Å². The molecule has 1 N–H and O–H groups in total. The van der Waals surface area contributed by atoms with E-state index in [2.05, 4.69) is 22.3 Å². The highest BCUT2D eigenvalue weighted by molar-refractivity contribution is 5.46. The molecule has 2 rings (SSSR count). The van der Waals surface area contributed by atoms with E-state index in [1.165, 1.54) is 5.69 Å². The molecule has 0 radical (unpaired) electrons. The number of para-hydroxylation sites is 1. The lowest BCUT2D eigenvalue weighted by atomic mass is 10.2. The zero-order valence-corrected chi connectivity index (χ0v) is 9.72. The number of anilines is 1. The molecule has 0 amide bonds. The number of rotatable bonds is 3. The van der Waals surface area contributed by atoms with Gasteiger partial charge in [0.2, 0.25) is 0 Å². The van der Waals surface area contributed by atoms with Gasteiger partial charge in [0.15, 0.2) is 0 Å². The van der Waals surface area contributed by atoms with Crippen molar-refractivity contribution in [3.63, 3.8) is 0 Å². The molecule has 0 spiro atoms. The Balaban J connectivity index is 2.09. The summed E-state index contributed by atoms with van der Waals surface area (Å²) in [5, 5.41) is 3.27. The van der Waals surface area contributed by atoms with Crippen LogP contribution in [-0.4, -0.2) is 39.8 Å². The predicted octanol–water partition coefficient (Wildman–Crippen LogP) is 1.04. The summed E-state index contributed by atoms with van der Waals surface area (Å²) in [6, 6.07) is 10.3. The SMILES string of the molecule is COC1CN(c2ccccc2)CC(OC)N1. The summed E-state index contributed by atoms with van der Waals surface area (Å²) in [5.74, 6) is 0. The Morgan fingerprint density at radius 3 is 2.12 bits per heavy atom. The first kappa shape index (κ1) is 11.4. The van der Waals surface area contributed by atoms with Crippen LogP contribution in [0, 0.1) is 0 Å². The number of nitrogens with one attached hydrogen (secondary N) is 1. The molecule has 0 aromatic heterocycles. The van der Waals surface area contributed by atoms with Crippen LogP contribution in [0.1, 0.15) is 0 Å². The summed E-state index contributed by atoms with van der Waals surface area (Å²) in [4.78, 5) is 2.26. The number of methoxy groups -OCH3 is 2. The molecule has 4 nitrogen and oxygen atoms in total. The minimum atomic E-state index is 0.0129. The van der Waals surface area contributed by atoms with Crippen molar-refractivity contribution in [1.29, 1.82) is 0 Å². The second-order valence-electron chi connectivity index (χ2n) is 3.86. The first-order valence-electron chi connectivity index (χ1n) is 5.45. The second kappa shape index (κ2) is 5.30. The lowest BCUT2D eigenvalue weighted by Crippen LogP contribution is -2.58. The van der Waals surface area contributed by atoms with E-state index in [0.29, 0.717) is 0 Å². The third-order valence-corrected chi connectivity index (χ3v) is 2.83. The summed E-state index contributed by atoms with van der Waals surface area (Å²) < 4.78 is 10.7. The van der Waals surface area contributed by atoms with E-state index in [1.807, 2.05) is 18.2 Å². The van der Waals surface area contributed by atoms with Crippen molar-refractivity contribution < 1.29 is 9.47 Å². The van der Waals surface area contributed by atoms with Crippen molar-refractivity contribution in [3.8, 4) is 0 Å². The van der Waals surface area contributed by atoms with Crippen LogP contribution < -0.4 is 10.2 Å². The van der Waals surface area contributed by atoms with Crippen molar-refractivity contribution >= 4 is 5.69 Å². The smallest absolute Gasteiger partial charge is 0.127 e. The number of hydrogen-bond acceptors (Lipinski definition) is 4. The quantitative estimate of drug-likeness (QED) is 0.828. The van der Waals surface area contributed by atoms with Gasteiger partial charge in [0.05, 0.1) is 13.1 Å². The van der Waals surface area contributed by atoms with Crippen molar-refractivity contribution in [1.82, 2.24) is 5.32 Å². The van der Waals surface area contributed by atoms with E-state index in [4.69, 9.17) is 9.47 Å². The molecule has 1 heterocycles. The van der Waals surface area contributed by atoms with Gasteiger partial charge in [-0.3, -0.25) is 5.32 Å². The van der Waals surface area contributed by atoms with E-state index in [-0.39, 0.29) is 12.5 Å². The molecule has 1 saturated heterocycles.